The number of ether oxygens (including phenoxy) is 2. The summed E-state index contributed by atoms with van der Waals surface area (Å²) in [6, 6.07) is 12.1. The van der Waals surface area contributed by atoms with Gasteiger partial charge >= 0.3 is 0 Å². The van der Waals surface area contributed by atoms with Crippen molar-refractivity contribution in [2.24, 2.45) is 17.8 Å². The lowest BCUT2D eigenvalue weighted by Crippen LogP contribution is -2.62. The highest BCUT2D eigenvalue weighted by atomic mass is 35.5. The van der Waals surface area contributed by atoms with Crippen LogP contribution in [0.4, 0.5) is 5.69 Å². The van der Waals surface area contributed by atoms with Crippen molar-refractivity contribution in [3.8, 4) is 5.75 Å². The van der Waals surface area contributed by atoms with Crippen LogP contribution in [0.5, 0.6) is 5.75 Å². The molecule has 2 N–H and O–H groups in total. The minimum Gasteiger partial charge on any atom is -0.490 e. The molecule has 7 rings (SSSR count). The second-order valence-corrected chi connectivity index (χ2v) is 18.9. The molecule has 1 spiro atoms. The molecule has 3 aliphatic heterocycles. The Kier molecular flexibility index (Phi) is 12.3. The van der Waals surface area contributed by atoms with Crippen molar-refractivity contribution in [1.82, 2.24) is 14.9 Å². The number of aryl methyl sites for hydroxylation is 1. The van der Waals surface area contributed by atoms with Gasteiger partial charge in [0.25, 0.3) is 5.91 Å². The summed E-state index contributed by atoms with van der Waals surface area (Å²) in [5.41, 5.74) is 3.32. The van der Waals surface area contributed by atoms with Crippen LogP contribution in [-0.4, -0.2) is 90.0 Å². The van der Waals surface area contributed by atoms with Crippen LogP contribution in [0, 0.1) is 17.8 Å². The molecule has 7 atom stereocenters. The number of thioether (sulfide) groups is 1. The fourth-order valence-corrected chi connectivity index (χ4v) is 11.4. The highest BCUT2D eigenvalue weighted by Crippen LogP contribution is 2.50. The maximum absolute atomic E-state index is 13.7. The molecule has 11 heteroatoms. The van der Waals surface area contributed by atoms with Gasteiger partial charge < -0.3 is 19.7 Å². The molecule has 8 nitrogen and oxygen atoms in total. The molecule has 3 heterocycles. The number of halogens is 1. The smallest absolute Gasteiger partial charge is 0.263 e. The number of hydrogen-bond donors (Lipinski definition) is 2. The Hall–Kier alpha value is -2.08. The first-order valence-corrected chi connectivity index (χ1v) is 22.3. The van der Waals surface area contributed by atoms with Crippen LogP contribution >= 0.6 is 23.4 Å². The molecule has 2 fully saturated rings. The topological polar surface area (TPSA) is 83.1 Å². The number of amides is 1. The monoisotopic (exact) mass is 768 g/mol. The Morgan fingerprint density at radius 1 is 1.10 bits per heavy atom. The van der Waals surface area contributed by atoms with Gasteiger partial charge in [0.2, 0.25) is 0 Å². The Morgan fingerprint density at radius 2 is 1.98 bits per heavy atom. The molecule has 0 radical (unpaired) electrons. The van der Waals surface area contributed by atoms with Crippen molar-refractivity contribution in [2.75, 3.05) is 68.9 Å². The van der Waals surface area contributed by atoms with E-state index in [1.165, 1.54) is 11.1 Å². The van der Waals surface area contributed by atoms with Gasteiger partial charge in [-0.25, -0.2) is 4.21 Å². The summed E-state index contributed by atoms with van der Waals surface area (Å²) in [5, 5.41) is 4.24. The third kappa shape index (κ3) is 7.85. The molecule has 0 aromatic heterocycles. The van der Waals surface area contributed by atoms with Gasteiger partial charge in [0.05, 0.1) is 17.5 Å². The Bertz CT molecular complexity index is 1630. The molecular weight excluding hydrogens is 712 g/mol. The van der Waals surface area contributed by atoms with Gasteiger partial charge in [-0.3, -0.25) is 14.4 Å². The second kappa shape index (κ2) is 16.7. The van der Waals surface area contributed by atoms with Crippen LogP contribution < -0.4 is 19.7 Å². The molecule has 5 aliphatic rings. The molecule has 1 amide bonds. The molecule has 284 valence electrons. The average molecular weight is 770 g/mol. The number of carbonyl (C=O) groups excluding carboxylic acids is 1. The van der Waals surface area contributed by atoms with Crippen LogP contribution in [-0.2, 0) is 27.6 Å². The van der Waals surface area contributed by atoms with Gasteiger partial charge in [-0.05, 0) is 124 Å². The van der Waals surface area contributed by atoms with Crippen LogP contribution in [0.3, 0.4) is 0 Å². The Balaban J connectivity index is 1.32. The molecule has 2 aliphatic carbocycles. The Labute approximate surface area is 322 Å². The molecule has 5 unspecified atom stereocenters. The second-order valence-electron chi connectivity index (χ2n) is 15.7. The summed E-state index contributed by atoms with van der Waals surface area (Å²) in [4.78, 5) is 18.8. The van der Waals surface area contributed by atoms with E-state index in [2.05, 4.69) is 58.0 Å². The average Bonchev–Trinajstić information content (AvgIpc) is 3.28. The zero-order valence-corrected chi connectivity index (χ0v) is 33.6. The molecule has 1 saturated carbocycles. The number of hydrogen-bond acceptors (Lipinski definition) is 8. The maximum atomic E-state index is 13.7. The minimum atomic E-state index is -1.55. The van der Waals surface area contributed by atoms with E-state index < -0.39 is 16.7 Å². The van der Waals surface area contributed by atoms with Gasteiger partial charge in [-0.1, -0.05) is 30.7 Å². The summed E-state index contributed by atoms with van der Waals surface area (Å²) < 4.78 is 30.3. The van der Waals surface area contributed by atoms with Crippen molar-refractivity contribution in [3.05, 3.63) is 70.3 Å². The highest BCUT2D eigenvalue weighted by Gasteiger charge is 2.52. The number of anilines is 1. The molecule has 2 bridgehead atoms. The molecular formula is C41H57ClN4O4S2. The van der Waals surface area contributed by atoms with Gasteiger partial charge in [0.1, 0.15) is 22.5 Å². The molecule has 2 aromatic carbocycles. The van der Waals surface area contributed by atoms with E-state index in [9.17, 15) is 9.00 Å². The largest absolute Gasteiger partial charge is 0.490 e. The van der Waals surface area contributed by atoms with E-state index in [4.69, 9.17) is 21.1 Å². The Morgan fingerprint density at radius 3 is 2.81 bits per heavy atom. The predicted octanol–water partition coefficient (Wildman–Crippen LogP) is 6.98. The van der Waals surface area contributed by atoms with Gasteiger partial charge in [0, 0.05) is 73.5 Å². The van der Waals surface area contributed by atoms with E-state index >= 15 is 0 Å². The zero-order valence-electron chi connectivity index (χ0n) is 31.2. The lowest BCUT2D eigenvalue weighted by molar-refractivity contribution is -0.187. The number of carbonyl (C=O) groups is 1. The van der Waals surface area contributed by atoms with Crippen molar-refractivity contribution in [1.29, 1.82) is 0 Å². The lowest BCUT2D eigenvalue weighted by Gasteiger charge is -2.55. The van der Waals surface area contributed by atoms with Crippen LogP contribution in [0.15, 0.2) is 48.6 Å². The number of benzene rings is 2. The zero-order chi connectivity index (χ0) is 36.3. The fraction of sp³-hybridized carbons (Fsp3) is 0.634. The summed E-state index contributed by atoms with van der Waals surface area (Å²) in [7, 11) is -1.55. The highest BCUT2D eigenvalue weighted by molar-refractivity contribution is 7.99. The maximum Gasteiger partial charge on any atom is 0.263 e. The summed E-state index contributed by atoms with van der Waals surface area (Å²) >= 11 is 8.56. The minimum absolute atomic E-state index is 0.0966. The SMILES string of the molecule is CCO[C@]1(N2CCCSCCNCC2)/C=C/CC(C)C(C)S(=O)NC(=O)c2ccc3c(c2)N(CC2CCC21)C[C@@]1(CCCc2cc(Cl)ccc21)CO3. The van der Waals surface area contributed by atoms with Gasteiger partial charge in [0.15, 0.2) is 0 Å². The standard InChI is InChI=1S/C41H57ClN4O4S2/c1-4-50-41(46-20-7-22-51-23-19-43-18-21-46)17-5-8-29(2)30(3)52(48)44-39(47)32-11-15-38-37(25-32)45(26-33-10-13-36(33)41)27-40(28-49-38)16-6-9-31-24-34(42)12-14-35(31)40/h5,11-12,14-15,17,24-25,29-30,33,36,43H,4,6-10,13,16,18-23,26-28H2,1-3H3,(H,44,47)/b17-5+/t29?,30?,33?,36?,40-,41+,52?/m0/s1. The van der Waals surface area contributed by atoms with Gasteiger partial charge in [-0.15, -0.1) is 0 Å². The lowest BCUT2D eigenvalue weighted by atomic mass is 9.66. The van der Waals surface area contributed by atoms with E-state index in [0.29, 0.717) is 30.6 Å². The molecule has 2 aromatic rings. The third-order valence-corrected chi connectivity index (χ3v) is 15.3. The number of fused-ring (bicyclic) bond motifs is 4. The van der Waals surface area contributed by atoms with Crippen LogP contribution in [0.2, 0.25) is 5.02 Å². The summed E-state index contributed by atoms with van der Waals surface area (Å²) in [6.07, 6.45) is 11.9. The number of rotatable bonds is 3. The first-order chi connectivity index (χ1) is 25.2. The van der Waals surface area contributed by atoms with Crippen molar-refractivity contribution < 1.29 is 18.5 Å². The predicted molar refractivity (Wildman–Crippen MR) is 215 cm³/mol. The molecule has 52 heavy (non-hydrogen) atoms. The van der Waals surface area contributed by atoms with Crippen molar-refractivity contribution >= 4 is 45.9 Å². The first-order valence-electron chi connectivity index (χ1n) is 19.6. The van der Waals surface area contributed by atoms with Crippen LogP contribution in [0.25, 0.3) is 0 Å². The fourth-order valence-electron chi connectivity index (χ4n) is 9.31. The van der Waals surface area contributed by atoms with Crippen molar-refractivity contribution in [3.63, 3.8) is 0 Å². The normalized spacial score (nSPS) is 34.1. The van der Waals surface area contributed by atoms with E-state index in [1.54, 1.807) is 0 Å². The summed E-state index contributed by atoms with van der Waals surface area (Å²) in [6.45, 7) is 12.9. The van der Waals surface area contributed by atoms with E-state index in [1.807, 2.05) is 43.0 Å². The van der Waals surface area contributed by atoms with Crippen molar-refractivity contribution in [2.45, 2.75) is 82.1 Å². The molecule has 1 saturated heterocycles. The quantitative estimate of drug-likeness (QED) is 0.324. The van der Waals surface area contributed by atoms with Crippen LogP contribution in [0.1, 0.15) is 80.8 Å². The first kappa shape index (κ1) is 38.2. The third-order valence-electron chi connectivity index (χ3n) is 12.5. The number of nitrogens with zero attached hydrogens (tertiary/aromatic N) is 2. The van der Waals surface area contributed by atoms with Gasteiger partial charge in [-0.2, -0.15) is 11.8 Å². The number of allylic oxidation sites excluding steroid dienone is 1. The van der Waals surface area contributed by atoms with E-state index in [0.717, 1.165) is 112 Å². The summed E-state index contributed by atoms with van der Waals surface area (Å²) in [5.74, 6) is 3.55. The number of nitrogens with one attached hydrogen (secondary N) is 2. The van der Waals surface area contributed by atoms with E-state index in [-0.39, 0.29) is 22.5 Å².